The Morgan fingerprint density at radius 1 is 1.17 bits per heavy atom. The minimum atomic E-state index is -0.913. The van der Waals surface area contributed by atoms with Crippen LogP contribution in [0.4, 0.5) is 0 Å². The third-order valence-corrected chi connectivity index (χ3v) is 3.43. The molecule has 0 aromatic heterocycles. The van der Waals surface area contributed by atoms with Crippen molar-refractivity contribution in [2.45, 2.75) is 45.8 Å². The number of methoxy groups -OCH3 is 1. The van der Waals surface area contributed by atoms with Gasteiger partial charge in [0.25, 0.3) is 0 Å². The first-order valence-corrected chi connectivity index (χ1v) is 6.05. The van der Waals surface area contributed by atoms with Crippen LogP contribution in [0.2, 0.25) is 0 Å². The first kappa shape index (κ1) is 15.1. The summed E-state index contributed by atoms with van der Waals surface area (Å²) in [4.78, 5) is 0. The lowest BCUT2D eigenvalue weighted by Gasteiger charge is -2.37. The number of ether oxygens (including phenoxy) is 1. The van der Waals surface area contributed by atoms with Gasteiger partial charge in [-0.05, 0) is 46.8 Å². The lowest BCUT2D eigenvalue weighted by molar-refractivity contribution is -0.0893. The van der Waals surface area contributed by atoms with Crippen molar-refractivity contribution in [2.75, 3.05) is 7.11 Å². The Balaban J connectivity index is 2.75. The smallest absolute Gasteiger partial charge is 0.331 e. The van der Waals surface area contributed by atoms with Gasteiger partial charge in [0, 0.05) is 0 Å². The monoisotopic (exact) mass is 249 g/mol. The molecule has 0 saturated carbocycles. The van der Waals surface area contributed by atoms with Gasteiger partial charge >= 0.3 is 7.48 Å². The van der Waals surface area contributed by atoms with Gasteiger partial charge in [0.2, 0.25) is 0 Å². The molecule has 0 aliphatic rings. The second-order valence-electron chi connectivity index (χ2n) is 5.53. The van der Waals surface area contributed by atoms with E-state index in [4.69, 9.17) is 9.39 Å². The molecule has 0 fully saturated rings. The van der Waals surface area contributed by atoms with Crippen LogP contribution in [0.5, 0.6) is 5.75 Å². The second kappa shape index (κ2) is 5.33. The van der Waals surface area contributed by atoms with Gasteiger partial charge in [0.05, 0.1) is 18.3 Å². The van der Waals surface area contributed by atoms with Crippen molar-refractivity contribution < 1.29 is 14.5 Å². The average molecular weight is 249 g/mol. The maximum absolute atomic E-state index is 10.0. The first-order chi connectivity index (χ1) is 8.17. The molecular formula is C14H22BO3. The highest BCUT2D eigenvalue weighted by molar-refractivity contribution is 6.47. The van der Waals surface area contributed by atoms with Crippen LogP contribution in [0.25, 0.3) is 0 Å². The van der Waals surface area contributed by atoms with Crippen LogP contribution in [0.15, 0.2) is 18.2 Å². The Kier molecular flexibility index (Phi) is 4.46. The molecule has 0 aliphatic carbocycles. The van der Waals surface area contributed by atoms with E-state index in [2.05, 4.69) is 0 Å². The molecular weight excluding hydrogens is 227 g/mol. The minimum absolute atomic E-state index is 0.653. The summed E-state index contributed by atoms with van der Waals surface area (Å²) in [5.41, 5.74) is 0.484. The highest BCUT2D eigenvalue weighted by Gasteiger charge is 2.35. The standard InChI is InChI=1S/C14H22BO3/c1-10-9-11(17-6)7-8-12(10)15-18-14(4,5)13(2,3)16/h7-9,16H,1-6H3. The molecule has 1 radical (unpaired) electrons. The predicted octanol–water partition coefficient (Wildman–Crippen LogP) is 1.81. The summed E-state index contributed by atoms with van der Waals surface area (Å²) in [5, 5.41) is 10.0. The average Bonchev–Trinajstić information content (AvgIpc) is 2.25. The quantitative estimate of drug-likeness (QED) is 0.809. The van der Waals surface area contributed by atoms with Crippen molar-refractivity contribution in [1.82, 2.24) is 0 Å². The molecule has 1 aromatic carbocycles. The molecule has 0 spiro atoms. The maximum Gasteiger partial charge on any atom is 0.331 e. The normalized spacial score (nSPS) is 12.4. The first-order valence-electron chi connectivity index (χ1n) is 6.05. The van der Waals surface area contributed by atoms with Gasteiger partial charge in [-0.15, -0.1) is 0 Å². The molecule has 0 heterocycles. The molecule has 0 atom stereocenters. The van der Waals surface area contributed by atoms with Gasteiger partial charge in [0.1, 0.15) is 5.75 Å². The summed E-state index contributed by atoms with van der Waals surface area (Å²) >= 11 is 0. The van der Waals surface area contributed by atoms with Gasteiger partial charge in [-0.1, -0.05) is 17.1 Å². The molecule has 0 aliphatic heterocycles. The van der Waals surface area contributed by atoms with Crippen LogP contribution >= 0.6 is 0 Å². The SMILES string of the molecule is COc1ccc([B]OC(C)(C)C(C)(C)O)c(C)c1. The summed E-state index contributed by atoms with van der Waals surface area (Å²) in [6.07, 6.45) is 0. The van der Waals surface area contributed by atoms with E-state index in [1.807, 2.05) is 39.0 Å². The van der Waals surface area contributed by atoms with Crippen LogP contribution in [0.3, 0.4) is 0 Å². The number of benzene rings is 1. The fourth-order valence-corrected chi connectivity index (χ4v) is 1.26. The number of aliphatic hydroxyl groups is 1. The van der Waals surface area contributed by atoms with Crippen LogP contribution in [-0.4, -0.2) is 30.9 Å². The lowest BCUT2D eigenvalue weighted by Crippen LogP contribution is -2.49. The fraction of sp³-hybridized carbons (Fsp3) is 0.571. The van der Waals surface area contributed by atoms with Crippen molar-refractivity contribution >= 4 is 12.9 Å². The fourth-order valence-electron chi connectivity index (χ4n) is 1.26. The van der Waals surface area contributed by atoms with Crippen molar-refractivity contribution in [3.05, 3.63) is 23.8 Å². The Hall–Kier alpha value is -0.995. The van der Waals surface area contributed by atoms with Crippen molar-refractivity contribution in [1.29, 1.82) is 0 Å². The van der Waals surface area contributed by atoms with Crippen molar-refractivity contribution in [3.63, 3.8) is 0 Å². The molecule has 1 N–H and O–H groups in total. The number of hydrogen-bond donors (Lipinski definition) is 1. The van der Waals surface area contributed by atoms with Crippen LogP contribution < -0.4 is 10.2 Å². The Labute approximate surface area is 110 Å². The van der Waals surface area contributed by atoms with Crippen LogP contribution in [0.1, 0.15) is 33.3 Å². The van der Waals surface area contributed by atoms with E-state index in [9.17, 15) is 5.11 Å². The van der Waals surface area contributed by atoms with Crippen LogP contribution in [0, 0.1) is 6.92 Å². The van der Waals surface area contributed by atoms with Crippen molar-refractivity contribution in [2.24, 2.45) is 0 Å². The molecule has 0 saturated heterocycles. The molecule has 3 nitrogen and oxygen atoms in total. The molecule has 0 unspecified atom stereocenters. The molecule has 18 heavy (non-hydrogen) atoms. The Morgan fingerprint density at radius 3 is 2.22 bits per heavy atom. The van der Waals surface area contributed by atoms with E-state index < -0.39 is 11.2 Å². The summed E-state index contributed by atoms with van der Waals surface area (Å²) in [7, 11) is 3.33. The zero-order valence-electron chi connectivity index (χ0n) is 12.1. The number of rotatable bonds is 5. The summed E-state index contributed by atoms with van der Waals surface area (Å²) < 4.78 is 10.9. The van der Waals surface area contributed by atoms with Gasteiger partial charge < -0.3 is 14.5 Å². The molecule has 1 rings (SSSR count). The van der Waals surface area contributed by atoms with E-state index in [0.29, 0.717) is 0 Å². The van der Waals surface area contributed by atoms with Gasteiger partial charge in [-0.2, -0.15) is 0 Å². The number of hydrogen-bond acceptors (Lipinski definition) is 3. The third-order valence-electron chi connectivity index (χ3n) is 3.43. The zero-order chi connectivity index (χ0) is 14.0. The largest absolute Gasteiger partial charge is 0.497 e. The van der Waals surface area contributed by atoms with Gasteiger partial charge in [-0.3, -0.25) is 0 Å². The minimum Gasteiger partial charge on any atom is -0.497 e. The van der Waals surface area contributed by atoms with Crippen molar-refractivity contribution in [3.8, 4) is 5.75 Å². The predicted molar refractivity (Wildman–Crippen MR) is 74.6 cm³/mol. The highest BCUT2D eigenvalue weighted by Crippen LogP contribution is 2.24. The van der Waals surface area contributed by atoms with E-state index in [1.54, 1.807) is 28.4 Å². The van der Waals surface area contributed by atoms with Gasteiger partial charge in [0.15, 0.2) is 0 Å². The topological polar surface area (TPSA) is 38.7 Å². The van der Waals surface area contributed by atoms with E-state index in [0.717, 1.165) is 16.8 Å². The zero-order valence-corrected chi connectivity index (χ0v) is 12.1. The molecule has 0 amide bonds. The van der Waals surface area contributed by atoms with E-state index in [-0.39, 0.29) is 0 Å². The second-order valence-corrected chi connectivity index (χ2v) is 5.53. The summed E-state index contributed by atoms with van der Waals surface area (Å²) in [5.74, 6) is 0.825. The molecule has 4 heteroatoms. The lowest BCUT2D eigenvalue weighted by atomic mass is 9.80. The highest BCUT2D eigenvalue weighted by atomic mass is 16.5. The maximum atomic E-state index is 10.0. The van der Waals surface area contributed by atoms with E-state index >= 15 is 0 Å². The Morgan fingerprint density at radius 2 is 1.78 bits per heavy atom. The van der Waals surface area contributed by atoms with E-state index in [1.165, 1.54) is 0 Å². The Bertz CT molecular complexity index is 408. The molecule has 99 valence electrons. The van der Waals surface area contributed by atoms with Crippen LogP contribution in [-0.2, 0) is 4.65 Å². The molecule has 1 aromatic rings. The third kappa shape index (κ3) is 3.50. The summed E-state index contributed by atoms with van der Waals surface area (Å²) in [6.45, 7) is 9.20. The molecule has 0 bridgehead atoms. The number of aryl methyl sites for hydroxylation is 1. The summed E-state index contributed by atoms with van der Waals surface area (Å²) in [6, 6.07) is 5.78. The van der Waals surface area contributed by atoms with Gasteiger partial charge in [-0.25, -0.2) is 0 Å².